The third-order valence-electron chi connectivity index (χ3n) is 5.76. The largest absolute Gasteiger partial charge is 0.246 e. The van der Waals surface area contributed by atoms with E-state index in [1.807, 2.05) is 0 Å². The molecule has 1 heterocycles. The Balaban J connectivity index is 2.09. The first kappa shape index (κ1) is 19.2. The standard InChI is InChI=1S/C27H29N2/c1-18-14-19(2)16-23(15-18)27-24(26-21(4)11-9-12-22(26)5)17-29(28(27)6)25-13-8-7-10-20(25)3/h7-17H,1-6H3/q+1. The van der Waals surface area contributed by atoms with Gasteiger partial charge < -0.3 is 0 Å². The summed E-state index contributed by atoms with van der Waals surface area (Å²) in [6.45, 7) is 10.9. The van der Waals surface area contributed by atoms with Gasteiger partial charge in [0.05, 0.1) is 11.8 Å². The molecule has 0 amide bonds. The molecule has 4 rings (SSSR count). The monoisotopic (exact) mass is 381 g/mol. The van der Waals surface area contributed by atoms with Crippen molar-refractivity contribution in [3.8, 4) is 28.1 Å². The van der Waals surface area contributed by atoms with E-state index in [4.69, 9.17) is 0 Å². The number of benzene rings is 3. The molecule has 0 spiro atoms. The Morgan fingerprint density at radius 1 is 0.690 bits per heavy atom. The van der Waals surface area contributed by atoms with Crippen molar-refractivity contribution >= 4 is 0 Å². The third kappa shape index (κ3) is 3.40. The fourth-order valence-electron chi connectivity index (χ4n) is 4.48. The highest BCUT2D eigenvalue weighted by atomic mass is 15.4. The van der Waals surface area contributed by atoms with Gasteiger partial charge in [0.15, 0.2) is 7.05 Å². The van der Waals surface area contributed by atoms with E-state index in [2.05, 4.69) is 118 Å². The molecule has 0 aliphatic carbocycles. The molecule has 3 aromatic carbocycles. The second-order valence-electron chi connectivity index (χ2n) is 8.19. The van der Waals surface area contributed by atoms with E-state index >= 15 is 0 Å². The van der Waals surface area contributed by atoms with Crippen molar-refractivity contribution in [3.05, 3.63) is 94.7 Å². The summed E-state index contributed by atoms with van der Waals surface area (Å²) in [5.74, 6) is 0. The molecular formula is C27H29N2+. The lowest BCUT2D eigenvalue weighted by atomic mass is 9.93. The molecule has 4 aromatic rings. The summed E-state index contributed by atoms with van der Waals surface area (Å²) >= 11 is 0. The van der Waals surface area contributed by atoms with Crippen molar-refractivity contribution in [2.45, 2.75) is 34.6 Å². The molecule has 0 atom stereocenters. The molecule has 0 aliphatic rings. The average molecular weight is 382 g/mol. The highest BCUT2D eigenvalue weighted by Gasteiger charge is 2.27. The van der Waals surface area contributed by atoms with E-state index in [1.165, 1.54) is 55.9 Å². The minimum Gasteiger partial charge on any atom is -0.127 e. The molecule has 0 aliphatic heterocycles. The lowest BCUT2D eigenvalue weighted by molar-refractivity contribution is -0.734. The van der Waals surface area contributed by atoms with Crippen molar-refractivity contribution in [1.82, 2.24) is 4.68 Å². The molecule has 29 heavy (non-hydrogen) atoms. The van der Waals surface area contributed by atoms with Crippen LogP contribution in [0, 0.1) is 34.6 Å². The summed E-state index contributed by atoms with van der Waals surface area (Å²) in [5.41, 5.74) is 12.8. The van der Waals surface area contributed by atoms with Crippen LogP contribution in [0.4, 0.5) is 0 Å². The van der Waals surface area contributed by atoms with Gasteiger partial charge in [0.1, 0.15) is 5.69 Å². The number of hydrogen-bond acceptors (Lipinski definition) is 0. The molecule has 0 saturated heterocycles. The van der Waals surface area contributed by atoms with Crippen LogP contribution in [0.3, 0.4) is 0 Å². The van der Waals surface area contributed by atoms with E-state index in [1.54, 1.807) is 0 Å². The van der Waals surface area contributed by atoms with Crippen molar-refractivity contribution in [2.75, 3.05) is 0 Å². The van der Waals surface area contributed by atoms with Crippen LogP contribution in [0.5, 0.6) is 0 Å². The summed E-state index contributed by atoms with van der Waals surface area (Å²) in [4.78, 5) is 0. The first-order valence-electron chi connectivity index (χ1n) is 10.2. The van der Waals surface area contributed by atoms with Gasteiger partial charge in [0.25, 0.3) is 0 Å². The lowest BCUT2D eigenvalue weighted by Gasteiger charge is -2.09. The number of rotatable bonds is 3. The van der Waals surface area contributed by atoms with Crippen molar-refractivity contribution in [3.63, 3.8) is 0 Å². The van der Waals surface area contributed by atoms with E-state index in [0.717, 1.165) is 0 Å². The summed E-state index contributed by atoms with van der Waals surface area (Å²) in [6.07, 6.45) is 2.30. The van der Waals surface area contributed by atoms with Gasteiger partial charge >= 0.3 is 0 Å². The highest BCUT2D eigenvalue weighted by molar-refractivity contribution is 5.82. The average Bonchev–Trinajstić information content (AvgIpc) is 2.98. The van der Waals surface area contributed by atoms with E-state index in [-0.39, 0.29) is 0 Å². The summed E-state index contributed by atoms with van der Waals surface area (Å²) in [6, 6.07) is 21.9. The smallest absolute Gasteiger partial charge is 0.127 e. The molecular weight excluding hydrogens is 352 g/mol. The zero-order chi connectivity index (χ0) is 20.7. The molecule has 2 nitrogen and oxygen atoms in total. The number of nitrogens with zero attached hydrogens (tertiary/aromatic N) is 2. The third-order valence-corrected chi connectivity index (χ3v) is 5.76. The van der Waals surface area contributed by atoms with E-state index in [9.17, 15) is 0 Å². The summed E-state index contributed by atoms with van der Waals surface area (Å²) < 4.78 is 4.57. The quantitative estimate of drug-likeness (QED) is 0.375. The van der Waals surface area contributed by atoms with Crippen LogP contribution in [0.15, 0.2) is 66.9 Å². The molecule has 1 aromatic heterocycles. The molecule has 0 bridgehead atoms. The van der Waals surface area contributed by atoms with Gasteiger partial charge in [-0.3, -0.25) is 0 Å². The van der Waals surface area contributed by atoms with Crippen LogP contribution in [0.25, 0.3) is 28.1 Å². The Kier molecular flexibility index (Phi) is 4.87. The van der Waals surface area contributed by atoms with Gasteiger partial charge in [-0.05, 0) is 75.1 Å². The zero-order valence-electron chi connectivity index (χ0n) is 18.2. The van der Waals surface area contributed by atoms with Crippen LogP contribution >= 0.6 is 0 Å². The van der Waals surface area contributed by atoms with Gasteiger partial charge in [-0.1, -0.05) is 53.6 Å². The van der Waals surface area contributed by atoms with Crippen LogP contribution in [-0.4, -0.2) is 4.68 Å². The second-order valence-corrected chi connectivity index (χ2v) is 8.19. The molecule has 0 fully saturated rings. The topological polar surface area (TPSA) is 8.81 Å². The SMILES string of the molecule is Cc1cc(C)cc(-c2c(-c3c(C)cccc3C)cn(-c3ccccc3C)[n+]2C)c1. The molecule has 0 unspecified atom stereocenters. The van der Waals surface area contributed by atoms with Gasteiger partial charge in [-0.2, -0.15) is 0 Å². The highest BCUT2D eigenvalue weighted by Crippen LogP contribution is 2.35. The fraction of sp³-hybridized carbons (Fsp3) is 0.222. The zero-order valence-corrected chi connectivity index (χ0v) is 18.2. The number of aryl methyl sites for hydroxylation is 5. The number of hydrogen-bond donors (Lipinski definition) is 0. The van der Waals surface area contributed by atoms with Crippen LogP contribution in [0.2, 0.25) is 0 Å². The second kappa shape index (κ2) is 7.36. The Hall–Kier alpha value is -3.13. The van der Waals surface area contributed by atoms with Crippen LogP contribution < -0.4 is 4.68 Å². The minimum atomic E-state index is 1.21. The van der Waals surface area contributed by atoms with Gasteiger partial charge in [-0.15, -0.1) is 9.36 Å². The Labute approximate surface area is 174 Å². The van der Waals surface area contributed by atoms with Crippen LogP contribution in [-0.2, 0) is 7.05 Å². The molecule has 0 radical (unpaired) electrons. The Bertz CT molecular complexity index is 1170. The maximum atomic E-state index is 2.30. The molecule has 0 N–H and O–H groups in total. The van der Waals surface area contributed by atoms with Crippen molar-refractivity contribution in [1.29, 1.82) is 0 Å². The predicted octanol–water partition coefficient (Wildman–Crippen LogP) is 6.18. The van der Waals surface area contributed by atoms with Crippen molar-refractivity contribution in [2.24, 2.45) is 7.05 Å². The maximum Gasteiger partial charge on any atom is 0.246 e. The molecule has 2 heteroatoms. The number of aromatic nitrogens is 2. The van der Waals surface area contributed by atoms with Crippen molar-refractivity contribution < 1.29 is 4.68 Å². The summed E-state index contributed by atoms with van der Waals surface area (Å²) in [7, 11) is 2.16. The summed E-state index contributed by atoms with van der Waals surface area (Å²) in [5, 5.41) is 0. The first-order valence-corrected chi connectivity index (χ1v) is 10.2. The lowest BCUT2D eigenvalue weighted by Crippen LogP contribution is -2.39. The van der Waals surface area contributed by atoms with E-state index < -0.39 is 0 Å². The van der Waals surface area contributed by atoms with Gasteiger partial charge in [0, 0.05) is 5.56 Å². The maximum absolute atomic E-state index is 2.30. The first-order chi connectivity index (χ1) is 13.9. The van der Waals surface area contributed by atoms with Crippen LogP contribution in [0.1, 0.15) is 27.8 Å². The number of para-hydroxylation sites is 1. The minimum absolute atomic E-state index is 1.21. The molecule has 146 valence electrons. The molecule has 0 saturated carbocycles. The predicted molar refractivity (Wildman–Crippen MR) is 122 cm³/mol. The Morgan fingerprint density at radius 3 is 1.90 bits per heavy atom. The normalized spacial score (nSPS) is 11.1. The van der Waals surface area contributed by atoms with Gasteiger partial charge in [0.2, 0.25) is 5.69 Å². The van der Waals surface area contributed by atoms with Gasteiger partial charge in [-0.25, -0.2) is 0 Å². The van der Waals surface area contributed by atoms with E-state index in [0.29, 0.717) is 0 Å². The Morgan fingerprint density at radius 2 is 1.28 bits per heavy atom. The fourth-order valence-corrected chi connectivity index (χ4v) is 4.48.